The average molecular weight is 499 g/mol. The van der Waals surface area contributed by atoms with Gasteiger partial charge in [0.05, 0.1) is 0 Å². The van der Waals surface area contributed by atoms with Crippen LogP contribution in [0, 0.1) is 13.8 Å². The van der Waals surface area contributed by atoms with Gasteiger partial charge in [-0.15, -0.1) is 0 Å². The van der Waals surface area contributed by atoms with Crippen molar-refractivity contribution in [1.82, 2.24) is 19.9 Å². The lowest BCUT2D eigenvalue weighted by molar-refractivity contribution is -0.192. The zero-order valence-electron chi connectivity index (χ0n) is 20.0. The number of nitrogens with one attached hydrogen (secondary N) is 2. The van der Waals surface area contributed by atoms with Crippen molar-refractivity contribution >= 4 is 17.9 Å². The van der Waals surface area contributed by atoms with Crippen LogP contribution in [0.15, 0.2) is 23.1 Å². The molecule has 192 valence electrons. The zero-order valence-corrected chi connectivity index (χ0v) is 20.0. The van der Waals surface area contributed by atoms with E-state index in [2.05, 4.69) is 20.3 Å². The monoisotopic (exact) mass is 499 g/mol. The van der Waals surface area contributed by atoms with Crippen LogP contribution in [0.5, 0.6) is 0 Å². The van der Waals surface area contributed by atoms with E-state index in [0.717, 1.165) is 12.0 Å². The number of carboxylic acids is 1. The highest BCUT2D eigenvalue weighted by molar-refractivity contribution is 5.73. The Morgan fingerprint density at radius 3 is 2.43 bits per heavy atom. The summed E-state index contributed by atoms with van der Waals surface area (Å²) >= 11 is 0. The molecule has 1 amide bonds. The number of carboxylic acid groups (broad SMARTS) is 1. The first kappa shape index (κ1) is 27.6. The third-order valence-corrected chi connectivity index (χ3v) is 4.86. The van der Waals surface area contributed by atoms with Gasteiger partial charge in [0.1, 0.15) is 17.2 Å². The molecule has 3 N–H and O–H groups in total. The predicted molar refractivity (Wildman–Crippen MR) is 121 cm³/mol. The molecule has 3 heterocycles. The second kappa shape index (κ2) is 10.7. The smallest absolute Gasteiger partial charge is 0.475 e. The quantitative estimate of drug-likeness (QED) is 0.584. The number of nitrogens with zero attached hydrogens (tertiary/aromatic N) is 3. The predicted octanol–water partition coefficient (Wildman–Crippen LogP) is 3.50. The van der Waals surface area contributed by atoms with Gasteiger partial charge in [-0.05, 0) is 53.2 Å². The number of H-pyrrole nitrogens is 1. The molecule has 1 aliphatic rings. The summed E-state index contributed by atoms with van der Waals surface area (Å²) in [5.74, 6) is -1.57. The molecule has 1 unspecified atom stereocenters. The number of aromatic amines is 1. The van der Waals surface area contributed by atoms with Crippen LogP contribution in [0.2, 0.25) is 0 Å². The Balaban J connectivity index is 0.000000540. The number of ether oxygens (including phenoxy) is 1. The Labute approximate surface area is 199 Å². The van der Waals surface area contributed by atoms with Crippen molar-refractivity contribution < 1.29 is 32.6 Å². The molecule has 0 spiro atoms. The van der Waals surface area contributed by atoms with Crippen molar-refractivity contribution in [3.8, 4) is 11.4 Å². The van der Waals surface area contributed by atoms with Gasteiger partial charge in [-0.3, -0.25) is 4.79 Å². The fraction of sp³-hybridized carbons (Fsp3) is 0.500. The number of carbonyl (C=O) groups excluding carboxylic acids is 1. The molecule has 35 heavy (non-hydrogen) atoms. The zero-order chi connectivity index (χ0) is 26.6. The molecule has 1 atom stereocenters. The van der Waals surface area contributed by atoms with Crippen molar-refractivity contribution in [1.29, 1.82) is 0 Å². The van der Waals surface area contributed by atoms with Gasteiger partial charge in [-0.25, -0.2) is 19.6 Å². The Morgan fingerprint density at radius 2 is 1.89 bits per heavy atom. The first-order chi connectivity index (χ1) is 16.1. The van der Waals surface area contributed by atoms with Crippen LogP contribution in [0.25, 0.3) is 11.4 Å². The molecule has 2 aromatic rings. The van der Waals surface area contributed by atoms with Gasteiger partial charge < -0.3 is 25.0 Å². The highest BCUT2D eigenvalue weighted by atomic mass is 19.4. The van der Waals surface area contributed by atoms with Crippen molar-refractivity contribution in [3.63, 3.8) is 0 Å². The van der Waals surface area contributed by atoms with Crippen molar-refractivity contribution in [2.45, 2.75) is 58.9 Å². The standard InChI is InChI=1S/C20H27N5O3.C2HF3O2/c1-12-13(2)22-17(24-18(12)26)14-6-8-21-16(10-14)23-15-7-9-25(11-15)19(27)28-20(3,4)5;3-2(4,5)1(6)7/h6,8,10,15H,7,9,11H2,1-5H3,(H,21,23)(H,22,24,26);(H,6,7). The van der Waals surface area contributed by atoms with Crippen LogP contribution in [0.4, 0.5) is 23.8 Å². The summed E-state index contributed by atoms with van der Waals surface area (Å²) in [4.78, 5) is 46.5. The first-order valence-electron chi connectivity index (χ1n) is 10.7. The van der Waals surface area contributed by atoms with E-state index in [9.17, 15) is 22.8 Å². The molecule has 0 aliphatic carbocycles. The molecule has 0 saturated carbocycles. The van der Waals surface area contributed by atoms with Crippen molar-refractivity contribution in [2.75, 3.05) is 18.4 Å². The van der Waals surface area contributed by atoms with Crippen LogP contribution in [0.1, 0.15) is 38.4 Å². The van der Waals surface area contributed by atoms with Crippen molar-refractivity contribution in [3.05, 3.63) is 39.9 Å². The second-order valence-electron chi connectivity index (χ2n) is 8.91. The minimum Gasteiger partial charge on any atom is -0.475 e. The van der Waals surface area contributed by atoms with Crippen molar-refractivity contribution in [2.24, 2.45) is 0 Å². The molecule has 1 saturated heterocycles. The molecule has 10 nitrogen and oxygen atoms in total. The van der Waals surface area contributed by atoms with E-state index in [-0.39, 0.29) is 17.7 Å². The average Bonchev–Trinajstić information content (AvgIpc) is 3.19. The van der Waals surface area contributed by atoms with Gasteiger partial charge >= 0.3 is 18.2 Å². The minimum absolute atomic E-state index is 0.0852. The molecular formula is C22H28F3N5O5. The molecule has 0 aromatic carbocycles. The molecule has 1 aliphatic heterocycles. The Hall–Kier alpha value is -3.64. The second-order valence-corrected chi connectivity index (χ2v) is 8.91. The lowest BCUT2D eigenvalue weighted by Crippen LogP contribution is -2.36. The third kappa shape index (κ3) is 8.26. The van der Waals surface area contributed by atoms with E-state index in [1.54, 1.807) is 24.1 Å². The minimum atomic E-state index is -5.08. The SMILES string of the molecule is Cc1nc(-c2ccnc(NC3CCN(C(=O)OC(C)(C)C)C3)c2)[nH]c(=O)c1C.O=C(O)C(F)(F)F. The number of pyridine rings is 1. The Bertz CT molecular complexity index is 1130. The van der Waals surface area contributed by atoms with Crippen LogP contribution in [0.3, 0.4) is 0 Å². The topological polar surface area (TPSA) is 138 Å². The number of aryl methyl sites for hydroxylation is 1. The van der Waals surface area contributed by atoms with Crippen LogP contribution in [-0.2, 0) is 9.53 Å². The number of amides is 1. The number of hydrogen-bond donors (Lipinski definition) is 3. The first-order valence-corrected chi connectivity index (χ1v) is 10.7. The number of anilines is 1. The molecule has 3 rings (SSSR count). The molecule has 13 heteroatoms. The van der Waals surface area contributed by atoms with Gasteiger partial charge in [0.2, 0.25) is 0 Å². The molecule has 0 radical (unpaired) electrons. The van der Waals surface area contributed by atoms with Gasteiger partial charge in [0.15, 0.2) is 0 Å². The summed E-state index contributed by atoms with van der Waals surface area (Å²) < 4.78 is 37.2. The fourth-order valence-corrected chi connectivity index (χ4v) is 3.02. The fourth-order valence-electron chi connectivity index (χ4n) is 3.02. The van der Waals surface area contributed by atoms with E-state index in [0.29, 0.717) is 36.0 Å². The number of alkyl halides is 3. The summed E-state index contributed by atoms with van der Waals surface area (Å²) in [6, 6.07) is 3.74. The van der Waals surface area contributed by atoms with Gasteiger partial charge in [0.25, 0.3) is 5.56 Å². The highest BCUT2D eigenvalue weighted by Gasteiger charge is 2.38. The van der Waals surface area contributed by atoms with E-state index >= 15 is 0 Å². The maximum absolute atomic E-state index is 12.2. The largest absolute Gasteiger partial charge is 0.490 e. The van der Waals surface area contributed by atoms with Crippen LogP contribution < -0.4 is 10.9 Å². The van der Waals surface area contributed by atoms with E-state index in [4.69, 9.17) is 14.6 Å². The maximum atomic E-state index is 12.2. The molecular weight excluding hydrogens is 471 g/mol. The number of aliphatic carboxylic acids is 1. The van der Waals surface area contributed by atoms with Gasteiger partial charge in [0, 0.05) is 42.1 Å². The van der Waals surface area contributed by atoms with E-state index < -0.39 is 17.7 Å². The molecule has 1 fully saturated rings. The number of aromatic nitrogens is 3. The summed E-state index contributed by atoms with van der Waals surface area (Å²) in [5.41, 5.74) is 1.45. The van der Waals surface area contributed by atoms with Crippen LogP contribution in [-0.4, -0.2) is 67.9 Å². The molecule has 0 bridgehead atoms. The lowest BCUT2D eigenvalue weighted by atomic mass is 10.2. The third-order valence-electron chi connectivity index (χ3n) is 4.86. The highest BCUT2D eigenvalue weighted by Crippen LogP contribution is 2.21. The summed E-state index contributed by atoms with van der Waals surface area (Å²) in [7, 11) is 0. The maximum Gasteiger partial charge on any atom is 0.490 e. The van der Waals surface area contributed by atoms with Crippen LogP contribution >= 0.6 is 0 Å². The lowest BCUT2D eigenvalue weighted by Gasteiger charge is -2.24. The summed E-state index contributed by atoms with van der Waals surface area (Å²) in [5, 5.41) is 10.5. The number of carbonyl (C=O) groups is 2. The van der Waals surface area contributed by atoms with E-state index in [1.165, 1.54) is 0 Å². The number of likely N-dealkylation sites (tertiary alicyclic amines) is 1. The number of rotatable bonds is 3. The Morgan fingerprint density at radius 1 is 1.26 bits per heavy atom. The molecule has 2 aromatic heterocycles. The Kier molecular flexibility index (Phi) is 8.47. The van der Waals surface area contributed by atoms with Gasteiger partial charge in [-0.1, -0.05) is 0 Å². The van der Waals surface area contributed by atoms with Gasteiger partial charge in [-0.2, -0.15) is 13.2 Å². The summed E-state index contributed by atoms with van der Waals surface area (Å²) in [6.45, 7) is 10.3. The normalized spacial score (nSPS) is 15.8. The van der Waals surface area contributed by atoms with E-state index in [1.807, 2.05) is 33.8 Å². The number of hydrogen-bond acceptors (Lipinski definition) is 7. The number of halogens is 3. The summed E-state index contributed by atoms with van der Waals surface area (Å²) in [6.07, 6.45) is -2.90.